The average molecular weight is 338 g/mol. The van der Waals surface area contributed by atoms with Gasteiger partial charge in [0, 0.05) is 11.9 Å². The van der Waals surface area contributed by atoms with Crippen LogP contribution in [0.2, 0.25) is 0 Å². The van der Waals surface area contributed by atoms with E-state index in [0.29, 0.717) is 28.8 Å². The molecule has 0 atom stereocenters. The maximum atomic E-state index is 12.6. The van der Waals surface area contributed by atoms with Gasteiger partial charge >= 0.3 is 0 Å². The Bertz CT molecular complexity index is 1030. The molecule has 0 saturated heterocycles. The Kier molecular flexibility index (Phi) is 4.47. The van der Waals surface area contributed by atoms with Crippen molar-refractivity contribution in [1.29, 1.82) is 0 Å². The van der Waals surface area contributed by atoms with Gasteiger partial charge in [0.2, 0.25) is 0 Å². The summed E-state index contributed by atoms with van der Waals surface area (Å²) >= 11 is 0. The molecule has 0 bridgehead atoms. The number of hydrazone groups is 1. The van der Waals surface area contributed by atoms with Gasteiger partial charge in [0.15, 0.2) is 5.69 Å². The largest absolute Gasteiger partial charge is 0.460 e. The van der Waals surface area contributed by atoms with Crippen LogP contribution in [0.4, 0.5) is 0 Å². The standard InChI is InChI=1S/C18H18N4O3/c1-4-22-18(24)14-8-6-5-7-13(14)16(21-22)17(23)20-19-12(3)15-10-9-11(2)25-15/h5-10H,4H2,1-3H3,(H,20,23)/b19-12-. The number of amides is 1. The highest BCUT2D eigenvalue weighted by Crippen LogP contribution is 2.13. The van der Waals surface area contributed by atoms with Crippen LogP contribution in [0.25, 0.3) is 10.8 Å². The van der Waals surface area contributed by atoms with Crippen molar-refractivity contribution in [2.75, 3.05) is 0 Å². The maximum absolute atomic E-state index is 12.6. The summed E-state index contributed by atoms with van der Waals surface area (Å²) in [7, 11) is 0. The van der Waals surface area contributed by atoms with Crippen molar-refractivity contribution in [3.05, 3.63) is 64.0 Å². The zero-order valence-electron chi connectivity index (χ0n) is 14.2. The third kappa shape index (κ3) is 3.21. The number of aromatic nitrogens is 2. The fourth-order valence-corrected chi connectivity index (χ4v) is 2.49. The molecule has 1 amide bonds. The van der Waals surface area contributed by atoms with Crippen LogP contribution in [0, 0.1) is 6.92 Å². The highest BCUT2D eigenvalue weighted by Gasteiger charge is 2.16. The molecule has 3 rings (SSSR count). The second-order valence-corrected chi connectivity index (χ2v) is 5.56. The molecule has 0 aliphatic rings. The van der Waals surface area contributed by atoms with Crippen LogP contribution < -0.4 is 11.0 Å². The Morgan fingerprint density at radius 1 is 1.24 bits per heavy atom. The van der Waals surface area contributed by atoms with E-state index in [0.717, 1.165) is 5.76 Å². The summed E-state index contributed by atoms with van der Waals surface area (Å²) in [6.07, 6.45) is 0. The summed E-state index contributed by atoms with van der Waals surface area (Å²) in [6, 6.07) is 10.5. The first kappa shape index (κ1) is 16.6. The third-order valence-electron chi connectivity index (χ3n) is 3.80. The molecule has 0 saturated carbocycles. The van der Waals surface area contributed by atoms with E-state index in [1.165, 1.54) is 4.68 Å². The predicted molar refractivity (Wildman–Crippen MR) is 94.8 cm³/mol. The lowest BCUT2D eigenvalue weighted by Gasteiger charge is -2.08. The van der Waals surface area contributed by atoms with E-state index >= 15 is 0 Å². The molecule has 0 spiro atoms. The summed E-state index contributed by atoms with van der Waals surface area (Å²) in [5.74, 6) is 0.855. The van der Waals surface area contributed by atoms with Gasteiger partial charge in [0.25, 0.3) is 11.5 Å². The molecule has 0 radical (unpaired) electrons. The molecule has 7 nitrogen and oxygen atoms in total. The number of nitrogens with one attached hydrogen (secondary N) is 1. The Morgan fingerprint density at radius 2 is 1.96 bits per heavy atom. The zero-order chi connectivity index (χ0) is 18.0. The topological polar surface area (TPSA) is 89.5 Å². The van der Waals surface area contributed by atoms with Gasteiger partial charge in [0.05, 0.1) is 5.39 Å². The number of hydrogen-bond acceptors (Lipinski definition) is 5. The lowest BCUT2D eigenvalue weighted by molar-refractivity contribution is 0.0949. The molecule has 7 heteroatoms. The van der Waals surface area contributed by atoms with Crippen LogP contribution in [0.1, 0.15) is 35.9 Å². The molecule has 1 aromatic carbocycles. The summed E-state index contributed by atoms with van der Waals surface area (Å²) in [5, 5.41) is 9.19. The summed E-state index contributed by atoms with van der Waals surface area (Å²) in [4.78, 5) is 24.9. The first-order valence-corrected chi connectivity index (χ1v) is 7.92. The summed E-state index contributed by atoms with van der Waals surface area (Å²) < 4.78 is 6.73. The highest BCUT2D eigenvalue weighted by atomic mass is 16.3. The smallest absolute Gasteiger partial charge is 0.292 e. The maximum Gasteiger partial charge on any atom is 0.292 e. The van der Waals surface area contributed by atoms with Crippen molar-refractivity contribution >= 4 is 22.4 Å². The molecular formula is C18H18N4O3. The van der Waals surface area contributed by atoms with E-state index in [4.69, 9.17) is 4.42 Å². The third-order valence-corrected chi connectivity index (χ3v) is 3.80. The summed E-state index contributed by atoms with van der Waals surface area (Å²) in [6.45, 7) is 5.74. The van der Waals surface area contributed by atoms with E-state index in [2.05, 4.69) is 15.6 Å². The molecule has 2 aromatic heterocycles. The number of nitrogens with zero attached hydrogens (tertiary/aromatic N) is 3. The van der Waals surface area contributed by atoms with Gasteiger partial charge < -0.3 is 4.42 Å². The Hall–Kier alpha value is -3.22. The molecule has 1 N–H and O–H groups in total. The van der Waals surface area contributed by atoms with Gasteiger partial charge in [-0.05, 0) is 39.0 Å². The van der Waals surface area contributed by atoms with Crippen LogP contribution in [0.15, 0.2) is 50.7 Å². The number of hydrogen-bond donors (Lipinski definition) is 1. The van der Waals surface area contributed by atoms with Crippen LogP contribution in [-0.4, -0.2) is 21.4 Å². The Balaban J connectivity index is 1.97. The number of benzene rings is 1. The first-order chi connectivity index (χ1) is 12.0. The molecule has 0 fully saturated rings. The van der Waals surface area contributed by atoms with Gasteiger partial charge in [-0.1, -0.05) is 18.2 Å². The van der Waals surface area contributed by atoms with Crippen molar-refractivity contribution in [1.82, 2.24) is 15.2 Å². The minimum atomic E-state index is -0.485. The van der Waals surface area contributed by atoms with E-state index in [1.807, 2.05) is 13.0 Å². The Morgan fingerprint density at radius 3 is 2.60 bits per heavy atom. The second-order valence-electron chi connectivity index (χ2n) is 5.56. The zero-order valence-corrected chi connectivity index (χ0v) is 14.2. The fraction of sp³-hybridized carbons (Fsp3) is 0.222. The monoisotopic (exact) mass is 338 g/mol. The molecule has 0 unspecified atom stereocenters. The molecular weight excluding hydrogens is 320 g/mol. The molecule has 0 aliphatic carbocycles. The fourth-order valence-electron chi connectivity index (χ4n) is 2.49. The van der Waals surface area contributed by atoms with Gasteiger partial charge in [-0.15, -0.1) is 0 Å². The SMILES string of the molecule is CCn1nc(C(=O)N/N=C(/C)c2ccc(C)o2)c2ccccc2c1=O. The van der Waals surface area contributed by atoms with Crippen molar-refractivity contribution in [2.24, 2.45) is 5.10 Å². The normalized spacial score (nSPS) is 11.7. The highest BCUT2D eigenvalue weighted by molar-refractivity contribution is 6.05. The van der Waals surface area contributed by atoms with Crippen LogP contribution >= 0.6 is 0 Å². The molecule has 2 heterocycles. The number of furan rings is 1. The number of carbonyl (C=O) groups is 1. The number of rotatable bonds is 4. The molecule has 0 aliphatic heterocycles. The van der Waals surface area contributed by atoms with Crippen molar-refractivity contribution in [2.45, 2.75) is 27.3 Å². The molecule has 3 aromatic rings. The Labute approximate surface area is 144 Å². The van der Waals surface area contributed by atoms with E-state index in [-0.39, 0.29) is 11.3 Å². The number of carbonyl (C=O) groups excluding carboxylic acids is 1. The van der Waals surface area contributed by atoms with Crippen LogP contribution in [0.3, 0.4) is 0 Å². The van der Waals surface area contributed by atoms with Crippen molar-refractivity contribution in [3.63, 3.8) is 0 Å². The van der Waals surface area contributed by atoms with E-state index in [1.54, 1.807) is 44.2 Å². The minimum absolute atomic E-state index is 0.157. The van der Waals surface area contributed by atoms with Crippen LogP contribution in [0.5, 0.6) is 0 Å². The lowest BCUT2D eigenvalue weighted by Crippen LogP contribution is -2.28. The molecule has 128 valence electrons. The van der Waals surface area contributed by atoms with Crippen molar-refractivity contribution < 1.29 is 9.21 Å². The lowest BCUT2D eigenvalue weighted by atomic mass is 10.1. The average Bonchev–Trinajstić information content (AvgIpc) is 3.06. The predicted octanol–water partition coefficient (Wildman–Crippen LogP) is 2.47. The minimum Gasteiger partial charge on any atom is -0.460 e. The van der Waals surface area contributed by atoms with E-state index in [9.17, 15) is 9.59 Å². The molecule has 25 heavy (non-hydrogen) atoms. The quantitative estimate of drug-likeness (QED) is 0.584. The second kappa shape index (κ2) is 6.72. The van der Waals surface area contributed by atoms with Gasteiger partial charge in [-0.25, -0.2) is 10.1 Å². The van der Waals surface area contributed by atoms with E-state index < -0.39 is 5.91 Å². The summed E-state index contributed by atoms with van der Waals surface area (Å²) in [5.41, 5.74) is 2.95. The van der Waals surface area contributed by atoms with Gasteiger partial charge in [-0.3, -0.25) is 9.59 Å². The first-order valence-electron chi connectivity index (χ1n) is 7.92. The van der Waals surface area contributed by atoms with Crippen LogP contribution in [-0.2, 0) is 6.54 Å². The number of fused-ring (bicyclic) bond motifs is 1. The van der Waals surface area contributed by atoms with Gasteiger partial charge in [0.1, 0.15) is 17.2 Å². The van der Waals surface area contributed by atoms with Gasteiger partial charge in [-0.2, -0.15) is 10.2 Å². The number of aryl methyl sites for hydroxylation is 2. The van der Waals surface area contributed by atoms with Crippen molar-refractivity contribution in [3.8, 4) is 0 Å².